The molecule has 2 nitrogen and oxygen atoms in total. The molecule has 0 spiro atoms. The molecule has 0 radical (unpaired) electrons. The third-order valence-corrected chi connectivity index (χ3v) is 2.02. The largest absolute Gasteiger partial charge is 0.392 e. The van der Waals surface area contributed by atoms with Gasteiger partial charge in [0.2, 0.25) is 0 Å². The van der Waals surface area contributed by atoms with Crippen LogP contribution >= 0.6 is 11.6 Å². The maximum Gasteiger partial charge on any atom is 0.267 e. The molecule has 0 atom stereocenters. The minimum atomic E-state index is -2.98. The lowest BCUT2D eigenvalue weighted by Gasteiger charge is -2.10. The quantitative estimate of drug-likeness (QED) is 0.802. The third-order valence-electron chi connectivity index (χ3n) is 1.77. The summed E-state index contributed by atoms with van der Waals surface area (Å²) in [6.45, 7) is -0.702. The molecule has 0 aliphatic carbocycles. The summed E-state index contributed by atoms with van der Waals surface area (Å²) in [6, 6.07) is 0. The van der Waals surface area contributed by atoms with E-state index in [9.17, 15) is 13.2 Å². The number of pyridine rings is 1. The van der Waals surface area contributed by atoms with Gasteiger partial charge in [-0.15, -0.1) is 11.6 Å². The van der Waals surface area contributed by atoms with Gasteiger partial charge in [0.1, 0.15) is 0 Å². The number of hydrogen-bond donors (Lipinski definition) is 1. The van der Waals surface area contributed by atoms with Crippen LogP contribution < -0.4 is 0 Å². The molecule has 6 heteroatoms. The van der Waals surface area contributed by atoms with Gasteiger partial charge < -0.3 is 5.11 Å². The summed E-state index contributed by atoms with van der Waals surface area (Å²) in [4.78, 5) is 3.51. The highest BCUT2D eigenvalue weighted by Crippen LogP contribution is 2.27. The van der Waals surface area contributed by atoms with Gasteiger partial charge in [0.25, 0.3) is 6.43 Å². The Bertz CT molecular complexity index is 333. The number of aliphatic hydroxyl groups is 1. The number of aromatic nitrogens is 1. The van der Waals surface area contributed by atoms with Crippen LogP contribution in [0.3, 0.4) is 0 Å². The Balaban J connectivity index is 3.35. The zero-order chi connectivity index (χ0) is 10.7. The molecule has 0 fully saturated rings. The Morgan fingerprint density at radius 1 is 1.50 bits per heavy atom. The Morgan fingerprint density at radius 3 is 2.57 bits per heavy atom. The predicted molar refractivity (Wildman–Crippen MR) is 44.6 cm³/mol. The van der Waals surface area contributed by atoms with Crippen molar-refractivity contribution in [3.05, 3.63) is 28.8 Å². The van der Waals surface area contributed by atoms with Crippen LogP contribution in [-0.4, -0.2) is 10.1 Å². The van der Waals surface area contributed by atoms with E-state index in [1.54, 1.807) is 0 Å². The highest BCUT2D eigenvalue weighted by molar-refractivity contribution is 6.17. The Hall–Kier alpha value is -0.810. The van der Waals surface area contributed by atoms with Gasteiger partial charge in [0.05, 0.1) is 29.9 Å². The first-order valence-corrected chi connectivity index (χ1v) is 4.26. The number of halogens is 4. The van der Waals surface area contributed by atoms with Crippen LogP contribution in [0.1, 0.15) is 23.2 Å². The van der Waals surface area contributed by atoms with Gasteiger partial charge in [-0.3, -0.25) is 4.98 Å². The van der Waals surface area contributed by atoms with Crippen LogP contribution in [0.4, 0.5) is 13.2 Å². The van der Waals surface area contributed by atoms with E-state index in [0.29, 0.717) is 6.20 Å². The van der Waals surface area contributed by atoms with Crippen LogP contribution in [0.5, 0.6) is 0 Å². The molecule has 1 heterocycles. The molecule has 1 rings (SSSR count). The first-order valence-electron chi connectivity index (χ1n) is 3.73. The van der Waals surface area contributed by atoms with Gasteiger partial charge in [-0.2, -0.15) is 0 Å². The topological polar surface area (TPSA) is 33.1 Å². The average molecular weight is 226 g/mol. The Labute approximate surface area is 83.3 Å². The molecule has 14 heavy (non-hydrogen) atoms. The molecule has 1 aromatic rings. The second kappa shape index (κ2) is 4.61. The second-order valence-corrected chi connectivity index (χ2v) is 2.80. The summed E-state index contributed by atoms with van der Waals surface area (Å²) in [5, 5.41) is 8.81. The molecule has 78 valence electrons. The monoisotopic (exact) mass is 225 g/mol. The SMILES string of the molecule is OCc1c(CCl)ncc(F)c1C(F)F. The van der Waals surface area contributed by atoms with Gasteiger partial charge in [0, 0.05) is 5.56 Å². The molecule has 0 bridgehead atoms. The summed E-state index contributed by atoms with van der Waals surface area (Å²) >= 11 is 5.40. The summed E-state index contributed by atoms with van der Waals surface area (Å²) in [6.07, 6.45) is -2.31. The number of hydrogen-bond acceptors (Lipinski definition) is 2. The van der Waals surface area contributed by atoms with Crippen molar-refractivity contribution in [3.8, 4) is 0 Å². The maximum atomic E-state index is 12.9. The summed E-state index contributed by atoms with van der Waals surface area (Å²) in [7, 11) is 0. The van der Waals surface area contributed by atoms with Gasteiger partial charge in [-0.25, -0.2) is 13.2 Å². The van der Waals surface area contributed by atoms with Crippen molar-refractivity contribution < 1.29 is 18.3 Å². The highest BCUT2D eigenvalue weighted by atomic mass is 35.5. The molecule has 0 aliphatic heterocycles. The van der Waals surface area contributed by atoms with Crippen molar-refractivity contribution in [1.82, 2.24) is 4.98 Å². The first kappa shape index (κ1) is 11.3. The van der Waals surface area contributed by atoms with E-state index in [4.69, 9.17) is 16.7 Å². The van der Waals surface area contributed by atoms with E-state index in [1.807, 2.05) is 0 Å². The fourth-order valence-electron chi connectivity index (χ4n) is 1.11. The summed E-state index contributed by atoms with van der Waals surface area (Å²) < 4.78 is 37.6. The molecule has 1 N–H and O–H groups in total. The molecule has 0 saturated carbocycles. The Kier molecular flexibility index (Phi) is 3.71. The van der Waals surface area contributed by atoms with E-state index >= 15 is 0 Å². The lowest BCUT2D eigenvalue weighted by atomic mass is 10.1. The van der Waals surface area contributed by atoms with Gasteiger partial charge in [-0.05, 0) is 0 Å². The fourth-order valence-corrected chi connectivity index (χ4v) is 1.34. The molecular formula is C8H7ClF3NO. The molecule has 1 aromatic heterocycles. The summed E-state index contributed by atoms with van der Waals surface area (Å²) in [5.41, 5.74) is -0.973. The Morgan fingerprint density at radius 2 is 2.14 bits per heavy atom. The molecular weight excluding hydrogens is 219 g/mol. The van der Waals surface area contributed by atoms with E-state index in [2.05, 4.69) is 4.98 Å². The number of rotatable bonds is 3. The maximum absolute atomic E-state index is 12.9. The number of aliphatic hydroxyl groups excluding tert-OH is 1. The van der Waals surface area contributed by atoms with E-state index in [-0.39, 0.29) is 17.1 Å². The fraction of sp³-hybridized carbons (Fsp3) is 0.375. The lowest BCUT2D eigenvalue weighted by Crippen LogP contribution is -2.05. The van der Waals surface area contributed by atoms with Crippen LogP contribution in [-0.2, 0) is 12.5 Å². The van der Waals surface area contributed by atoms with Crippen molar-refractivity contribution in [2.75, 3.05) is 0 Å². The number of nitrogens with zero attached hydrogens (tertiary/aromatic N) is 1. The van der Waals surface area contributed by atoms with Crippen LogP contribution in [0.25, 0.3) is 0 Å². The van der Waals surface area contributed by atoms with Crippen molar-refractivity contribution in [3.63, 3.8) is 0 Å². The molecule has 0 amide bonds. The highest BCUT2D eigenvalue weighted by Gasteiger charge is 2.21. The average Bonchev–Trinajstić information content (AvgIpc) is 2.16. The predicted octanol–water partition coefficient (Wildman–Crippen LogP) is 2.39. The minimum Gasteiger partial charge on any atom is -0.392 e. The van der Waals surface area contributed by atoms with Crippen LogP contribution in [0.2, 0.25) is 0 Å². The van der Waals surface area contributed by atoms with Gasteiger partial charge >= 0.3 is 0 Å². The van der Waals surface area contributed by atoms with Crippen LogP contribution in [0, 0.1) is 5.82 Å². The zero-order valence-corrected chi connectivity index (χ0v) is 7.73. The van der Waals surface area contributed by atoms with Crippen molar-refractivity contribution in [2.45, 2.75) is 18.9 Å². The van der Waals surface area contributed by atoms with Crippen LogP contribution in [0.15, 0.2) is 6.20 Å². The van der Waals surface area contributed by atoms with Gasteiger partial charge in [-0.1, -0.05) is 0 Å². The van der Waals surface area contributed by atoms with E-state index in [1.165, 1.54) is 0 Å². The molecule has 0 unspecified atom stereocenters. The first-order chi connectivity index (χ1) is 6.61. The van der Waals surface area contributed by atoms with E-state index < -0.39 is 24.4 Å². The van der Waals surface area contributed by atoms with Crippen molar-refractivity contribution in [1.29, 1.82) is 0 Å². The van der Waals surface area contributed by atoms with Crippen molar-refractivity contribution >= 4 is 11.6 Å². The standard InChI is InChI=1S/C8H7ClF3NO/c9-1-6-4(3-14)7(8(11)12)5(10)2-13-6/h2,8,14H,1,3H2. The summed E-state index contributed by atoms with van der Waals surface area (Å²) in [5.74, 6) is -1.27. The lowest BCUT2D eigenvalue weighted by molar-refractivity contribution is 0.141. The molecule has 0 aromatic carbocycles. The van der Waals surface area contributed by atoms with Gasteiger partial charge in [0.15, 0.2) is 5.82 Å². The zero-order valence-electron chi connectivity index (χ0n) is 6.98. The van der Waals surface area contributed by atoms with Crippen molar-refractivity contribution in [2.24, 2.45) is 0 Å². The molecule has 0 saturated heterocycles. The minimum absolute atomic E-state index is 0.0749. The normalized spacial score (nSPS) is 11.0. The third kappa shape index (κ3) is 1.99. The smallest absolute Gasteiger partial charge is 0.267 e. The number of alkyl halides is 3. The van der Waals surface area contributed by atoms with E-state index in [0.717, 1.165) is 0 Å². The second-order valence-electron chi connectivity index (χ2n) is 2.54. The molecule has 0 aliphatic rings.